The molecular formula is C25H28Cl2N2O5. The zero-order valence-corrected chi connectivity index (χ0v) is 21.1. The molecule has 34 heavy (non-hydrogen) atoms. The fourth-order valence-electron chi connectivity index (χ4n) is 4.17. The van der Waals surface area contributed by atoms with E-state index in [0.717, 1.165) is 13.1 Å². The van der Waals surface area contributed by atoms with Crippen molar-refractivity contribution >= 4 is 40.7 Å². The molecule has 182 valence electrons. The van der Waals surface area contributed by atoms with Gasteiger partial charge in [-0.3, -0.25) is 9.59 Å². The number of Topliss-reactive ketones (excluding diaryl/α,β-unsaturated/α-hetero) is 1. The topological polar surface area (TPSA) is 79.3 Å². The quantitative estimate of drug-likeness (QED) is 0.299. The minimum absolute atomic E-state index is 0.0473. The first-order valence-corrected chi connectivity index (χ1v) is 11.7. The lowest BCUT2D eigenvalue weighted by Crippen LogP contribution is -2.38. The van der Waals surface area contributed by atoms with Gasteiger partial charge >= 0.3 is 0 Å². The molecule has 0 bridgehead atoms. The van der Waals surface area contributed by atoms with Crippen LogP contribution in [0.25, 0.3) is 5.76 Å². The summed E-state index contributed by atoms with van der Waals surface area (Å²) in [7, 11) is 2.78. The molecule has 1 aliphatic heterocycles. The second-order valence-electron chi connectivity index (χ2n) is 7.72. The number of likely N-dealkylation sites (N-methyl/N-ethyl adjacent to an activating group) is 1. The zero-order chi connectivity index (χ0) is 25.0. The summed E-state index contributed by atoms with van der Waals surface area (Å²) in [6.45, 7) is 6.62. The van der Waals surface area contributed by atoms with Gasteiger partial charge in [-0.1, -0.05) is 67.4 Å². The van der Waals surface area contributed by atoms with E-state index in [2.05, 4.69) is 4.90 Å². The molecule has 1 atom stereocenters. The van der Waals surface area contributed by atoms with Gasteiger partial charge < -0.3 is 24.4 Å². The van der Waals surface area contributed by atoms with Crippen LogP contribution in [0.5, 0.6) is 11.5 Å². The lowest BCUT2D eigenvalue weighted by molar-refractivity contribution is -0.140. The van der Waals surface area contributed by atoms with Gasteiger partial charge in [0.25, 0.3) is 11.7 Å². The first kappa shape index (κ1) is 25.9. The molecule has 1 heterocycles. The Kier molecular flexibility index (Phi) is 8.47. The van der Waals surface area contributed by atoms with E-state index in [-0.39, 0.29) is 32.7 Å². The number of rotatable bonds is 9. The Balaban J connectivity index is 2.20. The van der Waals surface area contributed by atoms with Crippen molar-refractivity contribution in [3.05, 3.63) is 63.1 Å². The van der Waals surface area contributed by atoms with E-state index in [4.69, 9.17) is 32.7 Å². The van der Waals surface area contributed by atoms with Crippen LogP contribution in [0.2, 0.25) is 10.0 Å². The number of carbonyl (C=O) groups excluding carboxylic acids is 2. The van der Waals surface area contributed by atoms with E-state index >= 15 is 0 Å². The fraction of sp³-hybridized carbons (Fsp3) is 0.360. The maximum Gasteiger partial charge on any atom is 0.295 e. The maximum atomic E-state index is 13.2. The molecule has 7 nitrogen and oxygen atoms in total. The molecule has 1 saturated heterocycles. The number of methoxy groups -OCH3 is 2. The number of ketones is 1. The molecule has 0 saturated carbocycles. The Labute approximate surface area is 209 Å². The second kappa shape index (κ2) is 11.1. The summed E-state index contributed by atoms with van der Waals surface area (Å²) in [6.07, 6.45) is 0. The number of ether oxygens (including phenoxy) is 2. The lowest BCUT2D eigenvalue weighted by Gasteiger charge is -2.28. The number of likely N-dealkylation sites (tertiary alicyclic amines) is 1. The third kappa shape index (κ3) is 4.73. The highest BCUT2D eigenvalue weighted by molar-refractivity contribution is 6.47. The Hall–Kier alpha value is -2.74. The van der Waals surface area contributed by atoms with Crippen LogP contribution >= 0.6 is 23.2 Å². The van der Waals surface area contributed by atoms with Gasteiger partial charge in [0, 0.05) is 13.1 Å². The first-order chi connectivity index (χ1) is 16.3. The number of hydrogen-bond donors (Lipinski definition) is 1. The van der Waals surface area contributed by atoms with Gasteiger partial charge in [0.1, 0.15) is 10.8 Å². The monoisotopic (exact) mass is 506 g/mol. The number of amides is 1. The highest BCUT2D eigenvalue weighted by atomic mass is 35.5. The van der Waals surface area contributed by atoms with E-state index < -0.39 is 23.5 Å². The molecule has 1 unspecified atom stereocenters. The van der Waals surface area contributed by atoms with Crippen LogP contribution in [0.4, 0.5) is 0 Å². The van der Waals surface area contributed by atoms with Gasteiger partial charge in [0.05, 0.1) is 36.4 Å². The molecule has 3 rings (SSSR count). The van der Waals surface area contributed by atoms with E-state index in [1.165, 1.54) is 25.2 Å². The van der Waals surface area contributed by atoms with Crippen LogP contribution in [0, 0.1) is 0 Å². The van der Waals surface area contributed by atoms with Crippen molar-refractivity contribution in [3.8, 4) is 11.5 Å². The number of nitrogens with zero attached hydrogens (tertiary/aromatic N) is 2. The molecular weight excluding hydrogens is 479 g/mol. The molecule has 0 spiro atoms. The Morgan fingerprint density at radius 2 is 1.68 bits per heavy atom. The van der Waals surface area contributed by atoms with Crippen LogP contribution in [-0.2, 0) is 9.59 Å². The van der Waals surface area contributed by atoms with E-state index in [1.54, 1.807) is 0 Å². The van der Waals surface area contributed by atoms with Crippen LogP contribution in [0.15, 0.2) is 42.0 Å². The summed E-state index contributed by atoms with van der Waals surface area (Å²) >= 11 is 12.7. The van der Waals surface area contributed by atoms with Crippen molar-refractivity contribution in [2.24, 2.45) is 0 Å². The molecule has 1 fully saturated rings. The molecule has 0 radical (unpaired) electrons. The molecule has 0 aromatic heterocycles. The SMILES string of the molecule is CCN(CC)CCN1C(=O)C(=O)/C(=C(/O)c2cc(Cl)c(OC)c(Cl)c2OC)C1c1ccccc1. The number of aliphatic hydroxyl groups excluding tert-OH is 1. The zero-order valence-electron chi connectivity index (χ0n) is 19.6. The summed E-state index contributed by atoms with van der Waals surface area (Å²) in [4.78, 5) is 30.0. The fourth-order valence-corrected chi connectivity index (χ4v) is 4.86. The van der Waals surface area contributed by atoms with Crippen LogP contribution in [-0.4, -0.2) is 67.0 Å². The van der Waals surface area contributed by atoms with Gasteiger partial charge in [-0.15, -0.1) is 0 Å². The predicted molar refractivity (Wildman–Crippen MR) is 133 cm³/mol. The minimum atomic E-state index is -0.781. The number of hydrogen-bond acceptors (Lipinski definition) is 6. The number of benzene rings is 2. The van der Waals surface area contributed by atoms with E-state index in [1.807, 2.05) is 44.2 Å². The highest BCUT2D eigenvalue weighted by Gasteiger charge is 2.46. The van der Waals surface area contributed by atoms with Crippen molar-refractivity contribution in [1.82, 2.24) is 9.80 Å². The second-order valence-corrected chi connectivity index (χ2v) is 8.50. The summed E-state index contributed by atoms with van der Waals surface area (Å²) in [6, 6.07) is 9.76. The average molecular weight is 507 g/mol. The molecule has 1 aliphatic rings. The van der Waals surface area contributed by atoms with Gasteiger partial charge in [0.2, 0.25) is 0 Å². The van der Waals surface area contributed by atoms with Crippen LogP contribution < -0.4 is 9.47 Å². The maximum absolute atomic E-state index is 13.2. The van der Waals surface area contributed by atoms with Gasteiger partial charge in [0.15, 0.2) is 11.5 Å². The largest absolute Gasteiger partial charge is 0.507 e. The Morgan fingerprint density at radius 3 is 2.24 bits per heavy atom. The number of aliphatic hydroxyl groups is 1. The smallest absolute Gasteiger partial charge is 0.295 e. The number of carbonyl (C=O) groups is 2. The van der Waals surface area contributed by atoms with Crippen molar-refractivity contribution in [2.45, 2.75) is 19.9 Å². The Morgan fingerprint density at radius 1 is 1.06 bits per heavy atom. The molecule has 2 aromatic carbocycles. The van der Waals surface area contributed by atoms with Gasteiger partial charge in [-0.05, 0) is 24.7 Å². The standard InChI is InChI=1S/C25H28Cl2N2O5/c1-5-28(6-2)12-13-29-20(15-10-8-7-9-11-15)18(22(31)25(29)32)21(30)16-14-17(26)24(34-4)19(27)23(16)33-3/h7-11,14,20,30H,5-6,12-13H2,1-4H3/b21-18+. The molecule has 0 aliphatic carbocycles. The van der Waals surface area contributed by atoms with Gasteiger partial charge in [-0.25, -0.2) is 0 Å². The molecule has 1 amide bonds. The van der Waals surface area contributed by atoms with Crippen molar-refractivity contribution in [2.75, 3.05) is 40.4 Å². The lowest BCUT2D eigenvalue weighted by atomic mass is 9.95. The highest BCUT2D eigenvalue weighted by Crippen LogP contribution is 2.47. The van der Waals surface area contributed by atoms with Crippen molar-refractivity contribution in [3.63, 3.8) is 0 Å². The summed E-state index contributed by atoms with van der Waals surface area (Å²) < 4.78 is 10.6. The third-order valence-corrected chi connectivity index (χ3v) is 6.63. The van der Waals surface area contributed by atoms with Crippen molar-refractivity contribution in [1.29, 1.82) is 0 Å². The first-order valence-electron chi connectivity index (χ1n) is 11.0. The Bertz CT molecular complexity index is 1100. The van der Waals surface area contributed by atoms with E-state index in [0.29, 0.717) is 18.7 Å². The number of halogens is 2. The third-order valence-electron chi connectivity index (χ3n) is 6.00. The van der Waals surface area contributed by atoms with E-state index in [9.17, 15) is 14.7 Å². The summed E-state index contributed by atoms with van der Waals surface area (Å²) in [5, 5.41) is 11.6. The summed E-state index contributed by atoms with van der Waals surface area (Å²) in [5.74, 6) is -1.61. The van der Waals surface area contributed by atoms with Crippen LogP contribution in [0.1, 0.15) is 31.0 Å². The van der Waals surface area contributed by atoms with Crippen LogP contribution in [0.3, 0.4) is 0 Å². The normalized spacial score (nSPS) is 17.5. The minimum Gasteiger partial charge on any atom is -0.507 e. The van der Waals surface area contributed by atoms with Gasteiger partial charge in [-0.2, -0.15) is 0 Å². The molecule has 2 aromatic rings. The predicted octanol–water partition coefficient (Wildman–Crippen LogP) is 4.77. The summed E-state index contributed by atoms with van der Waals surface area (Å²) in [5.41, 5.74) is 0.750. The van der Waals surface area contributed by atoms with Crippen molar-refractivity contribution < 1.29 is 24.2 Å². The average Bonchev–Trinajstić information content (AvgIpc) is 3.09. The molecule has 9 heteroatoms. The molecule has 1 N–H and O–H groups in total.